The van der Waals surface area contributed by atoms with E-state index in [9.17, 15) is 13.2 Å². The zero-order valence-electron chi connectivity index (χ0n) is 15.8. The Kier molecular flexibility index (Phi) is 6.93. The van der Waals surface area contributed by atoms with Gasteiger partial charge in [0.2, 0.25) is 5.91 Å². The SMILES string of the molecule is Cc1ccc(C=CC(=O)NC(=S)Nc2ccc(S(=O)(=O)Nc3nccs3)cc2)cc1. The smallest absolute Gasteiger partial charge is 0.263 e. The molecule has 3 aromatic rings. The number of hydrogen-bond donors (Lipinski definition) is 3. The maximum absolute atomic E-state index is 12.3. The zero-order chi connectivity index (χ0) is 21.6. The van der Waals surface area contributed by atoms with Gasteiger partial charge in [-0.2, -0.15) is 0 Å². The lowest BCUT2D eigenvalue weighted by Crippen LogP contribution is -2.32. The molecule has 0 aliphatic carbocycles. The minimum absolute atomic E-state index is 0.0826. The fraction of sp³-hybridized carbons (Fsp3) is 0.0500. The van der Waals surface area contributed by atoms with Gasteiger partial charge in [0.25, 0.3) is 10.0 Å². The van der Waals surface area contributed by atoms with Crippen molar-refractivity contribution in [3.05, 3.63) is 77.3 Å². The second kappa shape index (κ2) is 9.61. The summed E-state index contributed by atoms with van der Waals surface area (Å²) >= 11 is 6.32. The number of amides is 1. The Labute approximate surface area is 183 Å². The molecule has 0 radical (unpaired) electrons. The average molecular weight is 459 g/mol. The number of aryl methyl sites for hydroxylation is 1. The van der Waals surface area contributed by atoms with Crippen LogP contribution in [-0.4, -0.2) is 24.4 Å². The molecule has 154 valence electrons. The van der Waals surface area contributed by atoms with E-state index < -0.39 is 10.0 Å². The van der Waals surface area contributed by atoms with Crippen LogP contribution < -0.4 is 15.4 Å². The topological polar surface area (TPSA) is 100 Å². The third kappa shape index (κ3) is 6.21. The molecule has 0 bridgehead atoms. The quantitative estimate of drug-likeness (QED) is 0.384. The molecule has 1 aromatic heterocycles. The number of sulfonamides is 1. The summed E-state index contributed by atoms with van der Waals surface area (Å²) in [6, 6.07) is 13.7. The van der Waals surface area contributed by atoms with Crippen molar-refractivity contribution in [2.45, 2.75) is 11.8 Å². The number of aromatic nitrogens is 1. The highest BCUT2D eigenvalue weighted by Crippen LogP contribution is 2.19. The van der Waals surface area contributed by atoms with Gasteiger partial charge in [-0.3, -0.25) is 14.8 Å². The number of carbonyl (C=O) groups excluding carboxylic acids is 1. The van der Waals surface area contributed by atoms with Gasteiger partial charge in [-0.25, -0.2) is 13.4 Å². The van der Waals surface area contributed by atoms with E-state index in [1.165, 1.54) is 35.7 Å². The van der Waals surface area contributed by atoms with Crippen LogP contribution in [0.15, 0.2) is 71.1 Å². The van der Waals surface area contributed by atoms with Crippen LogP contribution in [0.1, 0.15) is 11.1 Å². The van der Waals surface area contributed by atoms with E-state index in [2.05, 4.69) is 20.3 Å². The molecule has 1 heterocycles. The molecular weight excluding hydrogens is 440 g/mol. The van der Waals surface area contributed by atoms with E-state index >= 15 is 0 Å². The van der Waals surface area contributed by atoms with E-state index in [1.807, 2.05) is 31.2 Å². The van der Waals surface area contributed by atoms with E-state index in [4.69, 9.17) is 12.2 Å². The molecular formula is C20H18N4O3S3. The van der Waals surface area contributed by atoms with E-state index in [0.717, 1.165) is 11.1 Å². The Morgan fingerprint density at radius 3 is 2.43 bits per heavy atom. The molecule has 0 saturated heterocycles. The van der Waals surface area contributed by atoms with E-state index in [0.29, 0.717) is 10.8 Å². The number of thiazole rings is 1. The maximum atomic E-state index is 12.3. The Balaban J connectivity index is 1.55. The third-order valence-corrected chi connectivity index (χ3v) is 6.19. The zero-order valence-corrected chi connectivity index (χ0v) is 18.3. The van der Waals surface area contributed by atoms with Crippen molar-refractivity contribution in [2.24, 2.45) is 0 Å². The Hall–Kier alpha value is -3.08. The first-order valence-electron chi connectivity index (χ1n) is 8.71. The van der Waals surface area contributed by atoms with Gasteiger partial charge in [0.15, 0.2) is 10.2 Å². The van der Waals surface area contributed by atoms with Crippen LogP contribution in [0.25, 0.3) is 6.08 Å². The van der Waals surface area contributed by atoms with Gasteiger partial charge in [0.1, 0.15) is 0 Å². The summed E-state index contributed by atoms with van der Waals surface area (Å²) in [4.78, 5) is 16.0. The predicted octanol–water partition coefficient (Wildman–Crippen LogP) is 3.78. The van der Waals surface area contributed by atoms with E-state index in [-0.39, 0.29) is 15.9 Å². The Bertz CT molecular complexity index is 1160. The molecule has 0 spiro atoms. The molecule has 0 saturated carbocycles. The molecule has 0 aliphatic heterocycles. The minimum Gasteiger partial charge on any atom is -0.332 e. The van der Waals surface area contributed by atoms with Crippen LogP contribution in [0.5, 0.6) is 0 Å². The molecule has 30 heavy (non-hydrogen) atoms. The summed E-state index contributed by atoms with van der Waals surface area (Å²) < 4.78 is 27.1. The van der Waals surface area contributed by atoms with Gasteiger partial charge < -0.3 is 5.32 Å². The first-order valence-corrected chi connectivity index (χ1v) is 11.5. The maximum Gasteiger partial charge on any atom is 0.263 e. The van der Waals surface area contributed by atoms with Crippen molar-refractivity contribution in [2.75, 3.05) is 10.0 Å². The number of carbonyl (C=O) groups is 1. The van der Waals surface area contributed by atoms with E-state index in [1.54, 1.807) is 23.6 Å². The van der Waals surface area contributed by atoms with Crippen molar-refractivity contribution in [1.29, 1.82) is 0 Å². The van der Waals surface area contributed by atoms with Crippen LogP contribution >= 0.6 is 23.6 Å². The second-order valence-electron chi connectivity index (χ2n) is 6.15. The van der Waals surface area contributed by atoms with Crippen molar-refractivity contribution in [3.63, 3.8) is 0 Å². The number of hydrogen-bond acceptors (Lipinski definition) is 6. The summed E-state index contributed by atoms with van der Waals surface area (Å²) in [7, 11) is -3.73. The second-order valence-corrected chi connectivity index (χ2v) is 9.14. The highest BCUT2D eigenvalue weighted by Gasteiger charge is 2.15. The summed E-state index contributed by atoms with van der Waals surface area (Å²) in [5, 5.41) is 7.45. The van der Waals surface area contributed by atoms with Crippen LogP contribution in [0.2, 0.25) is 0 Å². The molecule has 3 rings (SSSR count). The van der Waals surface area contributed by atoms with Crippen LogP contribution in [0.3, 0.4) is 0 Å². The molecule has 0 unspecified atom stereocenters. The Morgan fingerprint density at radius 1 is 1.10 bits per heavy atom. The summed E-state index contributed by atoms with van der Waals surface area (Å²) in [6.45, 7) is 1.99. The van der Waals surface area contributed by atoms with Gasteiger partial charge in [0, 0.05) is 23.3 Å². The standard InChI is InChI=1S/C20H18N4O3S3/c1-14-2-4-15(5-3-14)6-11-18(25)23-19(28)22-16-7-9-17(10-8-16)30(26,27)24-20-21-12-13-29-20/h2-13H,1H3,(H,21,24)(H2,22,23,25,28). The van der Waals surface area contributed by atoms with Crippen molar-refractivity contribution >= 4 is 61.5 Å². The molecule has 10 heteroatoms. The highest BCUT2D eigenvalue weighted by atomic mass is 32.2. The molecule has 0 atom stereocenters. The normalized spacial score (nSPS) is 11.2. The molecule has 0 fully saturated rings. The number of anilines is 2. The molecule has 0 aliphatic rings. The summed E-state index contributed by atoms with van der Waals surface area (Å²) in [5.74, 6) is -0.375. The largest absolute Gasteiger partial charge is 0.332 e. The minimum atomic E-state index is -3.73. The first-order chi connectivity index (χ1) is 14.3. The van der Waals surface area contributed by atoms with Crippen LogP contribution in [0.4, 0.5) is 10.8 Å². The number of thiocarbonyl (C=S) groups is 1. The molecule has 3 N–H and O–H groups in total. The lowest BCUT2D eigenvalue weighted by Gasteiger charge is -2.09. The van der Waals surface area contributed by atoms with Crippen molar-refractivity contribution < 1.29 is 13.2 Å². The molecule has 1 amide bonds. The monoisotopic (exact) mass is 458 g/mol. The molecule has 7 nitrogen and oxygen atoms in total. The lowest BCUT2D eigenvalue weighted by molar-refractivity contribution is -0.115. The number of nitrogens with one attached hydrogen (secondary N) is 3. The van der Waals surface area contributed by atoms with Crippen LogP contribution in [0, 0.1) is 6.92 Å². The van der Waals surface area contributed by atoms with Gasteiger partial charge in [-0.15, -0.1) is 11.3 Å². The predicted molar refractivity (Wildman–Crippen MR) is 124 cm³/mol. The number of rotatable bonds is 6. The summed E-state index contributed by atoms with van der Waals surface area (Å²) in [6.07, 6.45) is 4.59. The van der Waals surface area contributed by atoms with Gasteiger partial charge in [-0.05, 0) is 55.0 Å². The first kappa shape index (κ1) is 21.6. The lowest BCUT2D eigenvalue weighted by atomic mass is 10.1. The Morgan fingerprint density at radius 2 is 1.80 bits per heavy atom. The fourth-order valence-corrected chi connectivity index (χ4v) is 4.34. The summed E-state index contributed by atoms with van der Waals surface area (Å²) in [5.41, 5.74) is 2.58. The van der Waals surface area contributed by atoms with Crippen molar-refractivity contribution in [1.82, 2.24) is 10.3 Å². The average Bonchev–Trinajstić information content (AvgIpc) is 3.20. The van der Waals surface area contributed by atoms with Gasteiger partial charge in [0.05, 0.1) is 4.90 Å². The van der Waals surface area contributed by atoms with Gasteiger partial charge in [-0.1, -0.05) is 29.8 Å². The number of nitrogens with zero attached hydrogens (tertiary/aromatic N) is 1. The van der Waals surface area contributed by atoms with Crippen molar-refractivity contribution in [3.8, 4) is 0 Å². The highest BCUT2D eigenvalue weighted by molar-refractivity contribution is 7.93. The van der Waals surface area contributed by atoms with Gasteiger partial charge >= 0.3 is 0 Å². The fourth-order valence-electron chi connectivity index (χ4n) is 2.33. The van der Waals surface area contributed by atoms with Crippen LogP contribution in [-0.2, 0) is 14.8 Å². The third-order valence-electron chi connectivity index (χ3n) is 3.82. The number of benzene rings is 2. The molecule has 2 aromatic carbocycles.